The van der Waals surface area contributed by atoms with Gasteiger partial charge >= 0.3 is 0 Å². The van der Waals surface area contributed by atoms with Gasteiger partial charge in [-0.15, -0.1) is 0 Å². The van der Waals surface area contributed by atoms with E-state index in [1.807, 2.05) is 30.6 Å². The van der Waals surface area contributed by atoms with Gasteiger partial charge in [0.1, 0.15) is 0 Å². The maximum atomic E-state index is 4.46. The van der Waals surface area contributed by atoms with Crippen molar-refractivity contribution in [1.82, 2.24) is 10.3 Å². The molecule has 0 saturated heterocycles. The number of halogens is 1. The highest BCUT2D eigenvalue weighted by Gasteiger charge is 2.09. The summed E-state index contributed by atoms with van der Waals surface area (Å²) < 4.78 is 1.26. The number of rotatable bonds is 5. The Labute approximate surface area is 140 Å². The van der Waals surface area contributed by atoms with Gasteiger partial charge in [-0.3, -0.25) is 4.98 Å². The molecule has 2 aromatic rings. The van der Waals surface area contributed by atoms with Gasteiger partial charge in [0.05, 0.1) is 5.69 Å². The van der Waals surface area contributed by atoms with Crippen molar-refractivity contribution in [3.8, 4) is 11.3 Å². The van der Waals surface area contributed by atoms with Crippen LogP contribution in [0, 0.1) is 6.92 Å². The Hall–Kier alpha value is -1.62. The number of benzene rings is 1. The Morgan fingerprint density at radius 1 is 1.33 bits per heavy atom. The lowest BCUT2D eigenvalue weighted by Crippen LogP contribution is -2.05. The summed E-state index contributed by atoms with van der Waals surface area (Å²) in [5.74, 6) is 0. The average Bonchev–Trinajstić information content (AvgIpc) is 2.53. The molecular weight excluding hydrogens is 371 g/mol. The van der Waals surface area contributed by atoms with Gasteiger partial charge in [0.15, 0.2) is 0 Å². The molecule has 2 rings (SSSR count). The summed E-state index contributed by atoms with van der Waals surface area (Å²) in [6.07, 6.45) is 4.84. The quantitative estimate of drug-likeness (QED) is 0.701. The first-order valence-corrected chi connectivity index (χ1v) is 8.02. The number of nitrogens with one attached hydrogen (secondary N) is 1. The topological polar surface area (TPSA) is 24.9 Å². The summed E-state index contributed by atoms with van der Waals surface area (Å²) in [5, 5.41) is 3.29. The molecule has 1 N–H and O–H groups in total. The largest absolute Gasteiger partial charge is 0.361 e. The molecule has 0 radical (unpaired) electrons. The highest BCUT2D eigenvalue weighted by Crippen LogP contribution is 2.27. The Balaban J connectivity index is 2.38. The molecule has 2 nitrogen and oxygen atoms in total. The molecule has 0 bridgehead atoms. The van der Waals surface area contributed by atoms with Crippen molar-refractivity contribution in [2.75, 3.05) is 0 Å². The zero-order valence-corrected chi connectivity index (χ0v) is 14.5. The fourth-order valence-corrected chi connectivity index (χ4v) is 2.16. The second kappa shape index (κ2) is 7.41. The van der Waals surface area contributed by atoms with Crippen LogP contribution in [0.1, 0.15) is 24.5 Å². The Kier molecular flexibility index (Phi) is 5.56. The van der Waals surface area contributed by atoms with Gasteiger partial charge in [0, 0.05) is 32.8 Å². The van der Waals surface area contributed by atoms with E-state index in [4.69, 9.17) is 0 Å². The van der Waals surface area contributed by atoms with Crippen molar-refractivity contribution in [3.63, 3.8) is 0 Å². The van der Waals surface area contributed by atoms with Crippen LogP contribution < -0.4 is 5.32 Å². The number of aryl methyl sites for hydroxylation is 1. The van der Waals surface area contributed by atoms with Crippen molar-refractivity contribution in [2.24, 2.45) is 0 Å². The van der Waals surface area contributed by atoms with E-state index in [1.165, 1.54) is 9.14 Å². The molecule has 3 heteroatoms. The standard InChI is InChI=1S/C18H19IN2/c1-4-15(19)12-21-14(3)16-9-8-13(2)11-17(16)18-7-5-6-10-20-18/h5-12,21H,3-4H2,1-2H3. The SMILES string of the molecule is C=C(NC=C(I)CC)c1ccc(C)cc1-c1ccccn1. The van der Waals surface area contributed by atoms with Gasteiger partial charge in [-0.25, -0.2) is 0 Å². The van der Waals surface area contributed by atoms with Crippen LogP contribution in [-0.2, 0) is 0 Å². The van der Waals surface area contributed by atoms with Gasteiger partial charge in [-0.2, -0.15) is 0 Å². The van der Waals surface area contributed by atoms with Crippen LogP contribution in [0.3, 0.4) is 0 Å². The van der Waals surface area contributed by atoms with Gasteiger partial charge in [0.25, 0.3) is 0 Å². The lowest BCUT2D eigenvalue weighted by Gasteiger charge is -2.13. The van der Waals surface area contributed by atoms with Crippen LogP contribution in [-0.4, -0.2) is 4.98 Å². The van der Waals surface area contributed by atoms with E-state index in [9.17, 15) is 0 Å². The van der Waals surface area contributed by atoms with E-state index in [1.54, 1.807) is 0 Å². The van der Waals surface area contributed by atoms with E-state index in [2.05, 4.69) is 71.5 Å². The molecule has 0 saturated carbocycles. The molecule has 108 valence electrons. The van der Waals surface area contributed by atoms with Crippen LogP contribution >= 0.6 is 22.6 Å². The predicted molar refractivity (Wildman–Crippen MR) is 99.0 cm³/mol. The third kappa shape index (κ3) is 4.17. The van der Waals surface area contributed by atoms with Crippen molar-refractivity contribution < 1.29 is 0 Å². The Morgan fingerprint density at radius 2 is 2.14 bits per heavy atom. The molecule has 0 amide bonds. The maximum Gasteiger partial charge on any atom is 0.0708 e. The lowest BCUT2D eigenvalue weighted by molar-refractivity contribution is 1.14. The molecule has 0 atom stereocenters. The van der Waals surface area contributed by atoms with E-state index >= 15 is 0 Å². The smallest absolute Gasteiger partial charge is 0.0708 e. The fraction of sp³-hybridized carbons (Fsp3) is 0.167. The molecule has 21 heavy (non-hydrogen) atoms. The first-order valence-electron chi connectivity index (χ1n) is 6.94. The highest BCUT2D eigenvalue weighted by atomic mass is 127. The number of aromatic nitrogens is 1. The van der Waals surface area contributed by atoms with Gasteiger partial charge in [0.2, 0.25) is 0 Å². The molecule has 0 aliphatic heterocycles. The van der Waals surface area contributed by atoms with Gasteiger partial charge in [-0.05, 0) is 54.1 Å². The normalized spacial score (nSPS) is 11.3. The monoisotopic (exact) mass is 390 g/mol. The molecular formula is C18H19IN2. The molecule has 1 aromatic heterocycles. The molecule has 0 fully saturated rings. The van der Waals surface area contributed by atoms with E-state index < -0.39 is 0 Å². The van der Waals surface area contributed by atoms with Crippen molar-refractivity contribution in [3.05, 3.63) is 70.1 Å². The number of hydrogen-bond donors (Lipinski definition) is 1. The average molecular weight is 390 g/mol. The molecule has 1 heterocycles. The van der Waals surface area contributed by atoms with E-state index in [-0.39, 0.29) is 0 Å². The van der Waals surface area contributed by atoms with E-state index in [0.717, 1.165) is 28.9 Å². The minimum Gasteiger partial charge on any atom is -0.361 e. The Bertz CT molecular complexity index is 660. The lowest BCUT2D eigenvalue weighted by atomic mass is 9.99. The predicted octanol–water partition coefficient (Wildman–Crippen LogP) is 5.30. The molecule has 0 aliphatic carbocycles. The van der Waals surface area contributed by atoms with Gasteiger partial charge in [-0.1, -0.05) is 37.3 Å². The molecule has 1 aromatic carbocycles. The molecule has 0 aliphatic rings. The van der Waals surface area contributed by atoms with E-state index in [0.29, 0.717) is 0 Å². The van der Waals surface area contributed by atoms with Crippen molar-refractivity contribution in [2.45, 2.75) is 20.3 Å². The summed E-state index contributed by atoms with van der Waals surface area (Å²) in [5.41, 5.74) is 5.25. The van der Waals surface area contributed by atoms with Crippen LogP contribution in [0.15, 0.2) is 59.0 Å². The van der Waals surface area contributed by atoms with Crippen LogP contribution in [0.2, 0.25) is 0 Å². The number of nitrogens with zero attached hydrogens (tertiary/aromatic N) is 1. The van der Waals surface area contributed by atoms with Crippen molar-refractivity contribution in [1.29, 1.82) is 0 Å². The van der Waals surface area contributed by atoms with Crippen LogP contribution in [0.25, 0.3) is 17.0 Å². The zero-order chi connectivity index (χ0) is 15.2. The number of pyridine rings is 1. The second-order valence-corrected chi connectivity index (χ2v) is 6.22. The fourth-order valence-electron chi connectivity index (χ4n) is 2.00. The summed E-state index contributed by atoms with van der Waals surface area (Å²) in [6.45, 7) is 8.38. The first-order chi connectivity index (χ1) is 10.1. The van der Waals surface area contributed by atoms with Crippen molar-refractivity contribution >= 4 is 28.3 Å². The molecule has 0 spiro atoms. The summed E-state index contributed by atoms with van der Waals surface area (Å²) >= 11 is 2.33. The highest BCUT2D eigenvalue weighted by molar-refractivity contribution is 14.1. The maximum absolute atomic E-state index is 4.46. The summed E-state index contributed by atoms with van der Waals surface area (Å²) in [6, 6.07) is 12.3. The third-order valence-corrected chi connectivity index (χ3v) is 4.26. The minimum absolute atomic E-state index is 0.887. The Morgan fingerprint density at radius 3 is 2.81 bits per heavy atom. The number of hydrogen-bond acceptors (Lipinski definition) is 2. The zero-order valence-electron chi connectivity index (χ0n) is 12.4. The van der Waals surface area contributed by atoms with Crippen LogP contribution in [0.4, 0.5) is 0 Å². The minimum atomic E-state index is 0.887. The third-order valence-electron chi connectivity index (χ3n) is 3.18. The first kappa shape index (κ1) is 15.8. The van der Waals surface area contributed by atoms with Crippen LogP contribution in [0.5, 0.6) is 0 Å². The second-order valence-electron chi connectivity index (χ2n) is 4.83. The van der Waals surface area contributed by atoms with Gasteiger partial charge < -0.3 is 5.32 Å². The summed E-state index contributed by atoms with van der Waals surface area (Å²) in [7, 11) is 0. The number of allylic oxidation sites excluding steroid dienone is 1. The summed E-state index contributed by atoms with van der Waals surface area (Å²) in [4.78, 5) is 4.46. The molecule has 0 unspecified atom stereocenters.